The number of aliphatic carboxylic acids is 1. The lowest BCUT2D eigenvalue weighted by Crippen LogP contribution is -2.33. The summed E-state index contributed by atoms with van der Waals surface area (Å²) in [5.41, 5.74) is 0.740. The van der Waals surface area contributed by atoms with Crippen LogP contribution in [0, 0.1) is 6.92 Å². The molecule has 0 aliphatic carbocycles. The minimum Gasteiger partial charge on any atom is -0.481 e. The van der Waals surface area contributed by atoms with E-state index in [9.17, 15) is 14.4 Å². The third kappa shape index (κ3) is 4.69. The van der Waals surface area contributed by atoms with E-state index >= 15 is 0 Å². The Bertz CT molecular complexity index is 790. The lowest BCUT2D eigenvalue weighted by Gasteiger charge is -2.11. The van der Waals surface area contributed by atoms with Gasteiger partial charge in [-0.25, -0.2) is 4.68 Å². The molecule has 0 aliphatic heterocycles. The van der Waals surface area contributed by atoms with E-state index in [1.807, 2.05) is 30.3 Å². The number of rotatable bonds is 7. The maximum atomic E-state index is 12.1. The first kappa shape index (κ1) is 17.7. The topological polar surface area (TPSA) is 101 Å². The summed E-state index contributed by atoms with van der Waals surface area (Å²) in [5, 5.41) is 15.3. The summed E-state index contributed by atoms with van der Waals surface area (Å²) >= 11 is 1.19. The SMILES string of the molecule is Cc1cc(=O)c(C(=O)NCCSCC(=O)O)nn1-c1ccccc1. The Kier molecular flexibility index (Phi) is 6.14. The van der Waals surface area contributed by atoms with Gasteiger partial charge < -0.3 is 10.4 Å². The molecule has 1 heterocycles. The van der Waals surface area contributed by atoms with Gasteiger partial charge in [0.05, 0.1) is 11.4 Å². The molecule has 0 radical (unpaired) electrons. The van der Waals surface area contributed by atoms with Crippen molar-refractivity contribution in [2.75, 3.05) is 18.1 Å². The van der Waals surface area contributed by atoms with Gasteiger partial charge in [-0.05, 0) is 19.1 Å². The number of nitrogens with zero attached hydrogens (tertiary/aromatic N) is 2. The quantitative estimate of drug-likeness (QED) is 0.727. The summed E-state index contributed by atoms with van der Waals surface area (Å²) in [5.74, 6) is -1.06. The number of thioether (sulfide) groups is 1. The average molecular weight is 347 g/mol. The molecule has 8 heteroatoms. The van der Waals surface area contributed by atoms with Crippen LogP contribution < -0.4 is 10.7 Å². The molecule has 126 valence electrons. The van der Waals surface area contributed by atoms with Gasteiger partial charge in [0.25, 0.3) is 5.91 Å². The van der Waals surface area contributed by atoms with Crippen molar-refractivity contribution in [2.45, 2.75) is 6.92 Å². The molecule has 24 heavy (non-hydrogen) atoms. The molecule has 0 atom stereocenters. The summed E-state index contributed by atoms with van der Waals surface area (Å²) in [6.07, 6.45) is 0. The molecule has 1 aromatic carbocycles. The van der Waals surface area contributed by atoms with Gasteiger partial charge in [-0.1, -0.05) is 18.2 Å². The number of carboxylic acids is 1. The largest absolute Gasteiger partial charge is 0.481 e. The van der Waals surface area contributed by atoms with Crippen molar-refractivity contribution in [1.29, 1.82) is 0 Å². The van der Waals surface area contributed by atoms with Crippen molar-refractivity contribution in [3.63, 3.8) is 0 Å². The van der Waals surface area contributed by atoms with Crippen LogP contribution in [-0.4, -0.2) is 44.8 Å². The molecule has 2 N–H and O–H groups in total. The number of hydrogen-bond acceptors (Lipinski definition) is 5. The van der Waals surface area contributed by atoms with Crippen molar-refractivity contribution in [3.8, 4) is 5.69 Å². The van der Waals surface area contributed by atoms with Crippen molar-refractivity contribution < 1.29 is 14.7 Å². The van der Waals surface area contributed by atoms with Crippen LogP contribution in [0.4, 0.5) is 0 Å². The van der Waals surface area contributed by atoms with E-state index in [4.69, 9.17) is 5.11 Å². The van der Waals surface area contributed by atoms with Gasteiger partial charge in [0.1, 0.15) is 0 Å². The first-order chi connectivity index (χ1) is 11.5. The monoisotopic (exact) mass is 347 g/mol. The Morgan fingerprint density at radius 1 is 1.29 bits per heavy atom. The van der Waals surface area contributed by atoms with E-state index in [1.165, 1.54) is 22.5 Å². The number of amides is 1. The van der Waals surface area contributed by atoms with Gasteiger partial charge in [0.15, 0.2) is 5.69 Å². The van der Waals surface area contributed by atoms with E-state index < -0.39 is 17.3 Å². The molecule has 2 rings (SSSR count). The highest BCUT2D eigenvalue weighted by atomic mass is 32.2. The van der Waals surface area contributed by atoms with Gasteiger partial charge in [-0.15, -0.1) is 11.8 Å². The van der Waals surface area contributed by atoms with E-state index in [2.05, 4.69) is 10.4 Å². The molecule has 0 saturated heterocycles. The smallest absolute Gasteiger partial charge is 0.313 e. The second-order valence-corrected chi connectivity index (χ2v) is 6.05. The van der Waals surface area contributed by atoms with Crippen LogP contribution in [0.15, 0.2) is 41.2 Å². The fourth-order valence-corrected chi connectivity index (χ4v) is 2.58. The molecule has 0 saturated carbocycles. The number of nitrogens with one attached hydrogen (secondary N) is 1. The summed E-state index contributed by atoms with van der Waals surface area (Å²) in [7, 11) is 0. The molecular formula is C16H17N3O4S. The highest BCUT2D eigenvalue weighted by Gasteiger charge is 2.14. The Morgan fingerprint density at radius 3 is 2.67 bits per heavy atom. The van der Waals surface area contributed by atoms with Crippen LogP contribution >= 0.6 is 11.8 Å². The van der Waals surface area contributed by atoms with Gasteiger partial charge in [-0.3, -0.25) is 14.4 Å². The van der Waals surface area contributed by atoms with Crippen LogP contribution in [-0.2, 0) is 4.79 Å². The van der Waals surface area contributed by atoms with Crippen LogP contribution in [0.5, 0.6) is 0 Å². The molecule has 0 bridgehead atoms. The molecule has 0 aliphatic rings. The molecular weight excluding hydrogens is 330 g/mol. The number of aryl methyl sites for hydroxylation is 1. The highest BCUT2D eigenvalue weighted by Crippen LogP contribution is 2.07. The average Bonchev–Trinajstić information content (AvgIpc) is 2.55. The summed E-state index contributed by atoms with van der Waals surface area (Å²) < 4.78 is 1.54. The van der Waals surface area contributed by atoms with Gasteiger partial charge >= 0.3 is 5.97 Å². The number of carbonyl (C=O) groups is 2. The summed E-state index contributed by atoms with van der Waals surface area (Å²) in [4.78, 5) is 34.6. The zero-order valence-corrected chi connectivity index (χ0v) is 13.9. The van der Waals surface area contributed by atoms with Crippen molar-refractivity contribution in [3.05, 3.63) is 58.0 Å². The third-order valence-electron chi connectivity index (χ3n) is 3.08. The van der Waals surface area contributed by atoms with Crippen LogP contribution in [0.25, 0.3) is 5.69 Å². The van der Waals surface area contributed by atoms with Crippen LogP contribution in [0.2, 0.25) is 0 Å². The molecule has 1 amide bonds. The Morgan fingerprint density at radius 2 is 2.00 bits per heavy atom. The minimum atomic E-state index is -0.905. The van der Waals surface area contributed by atoms with E-state index in [-0.39, 0.29) is 18.0 Å². The number of para-hydroxylation sites is 1. The molecule has 7 nitrogen and oxygen atoms in total. The van der Waals surface area contributed by atoms with Gasteiger partial charge in [0, 0.05) is 24.1 Å². The number of carboxylic acid groups (broad SMARTS) is 1. The van der Waals surface area contributed by atoms with E-state index in [0.717, 1.165) is 5.69 Å². The standard InChI is InChI=1S/C16H17N3O4S/c1-11-9-13(20)15(16(23)17-7-8-24-10-14(21)22)18-19(11)12-5-3-2-4-6-12/h2-6,9H,7-8,10H2,1H3,(H,17,23)(H,21,22). The Labute approximate surface area is 142 Å². The van der Waals surface area contributed by atoms with Gasteiger partial charge in [-0.2, -0.15) is 5.10 Å². The molecule has 0 unspecified atom stereocenters. The zero-order valence-electron chi connectivity index (χ0n) is 13.1. The van der Waals surface area contributed by atoms with Crippen LogP contribution in [0.1, 0.15) is 16.2 Å². The van der Waals surface area contributed by atoms with E-state index in [0.29, 0.717) is 11.4 Å². The number of aromatic nitrogens is 2. The zero-order chi connectivity index (χ0) is 17.5. The fourth-order valence-electron chi connectivity index (χ4n) is 2.02. The first-order valence-corrected chi connectivity index (χ1v) is 8.38. The number of hydrogen-bond donors (Lipinski definition) is 2. The maximum Gasteiger partial charge on any atom is 0.313 e. The maximum absolute atomic E-state index is 12.1. The predicted molar refractivity (Wildman–Crippen MR) is 91.9 cm³/mol. The molecule has 0 spiro atoms. The first-order valence-electron chi connectivity index (χ1n) is 7.23. The van der Waals surface area contributed by atoms with Crippen molar-refractivity contribution in [2.24, 2.45) is 0 Å². The van der Waals surface area contributed by atoms with E-state index in [1.54, 1.807) is 6.92 Å². The lowest BCUT2D eigenvalue weighted by molar-refractivity contribution is -0.133. The normalized spacial score (nSPS) is 10.4. The van der Waals surface area contributed by atoms with Crippen molar-refractivity contribution in [1.82, 2.24) is 15.1 Å². The predicted octanol–water partition coefficient (Wildman–Crippen LogP) is 1.09. The van der Waals surface area contributed by atoms with Crippen molar-refractivity contribution >= 4 is 23.6 Å². The Balaban J connectivity index is 2.11. The summed E-state index contributed by atoms with van der Waals surface area (Å²) in [6, 6.07) is 10.6. The Hall–Kier alpha value is -2.61. The summed E-state index contributed by atoms with van der Waals surface area (Å²) in [6.45, 7) is 2.00. The molecule has 0 fully saturated rings. The molecule has 1 aromatic heterocycles. The minimum absolute atomic E-state index is 0.0283. The van der Waals surface area contributed by atoms with Gasteiger partial charge in [0.2, 0.25) is 5.43 Å². The lowest BCUT2D eigenvalue weighted by atomic mass is 10.2. The highest BCUT2D eigenvalue weighted by molar-refractivity contribution is 7.99. The second-order valence-electron chi connectivity index (χ2n) is 4.95. The third-order valence-corrected chi connectivity index (χ3v) is 4.02. The number of benzene rings is 1. The second kappa shape index (κ2) is 8.30. The fraction of sp³-hybridized carbons (Fsp3) is 0.250. The van der Waals surface area contributed by atoms with Crippen LogP contribution in [0.3, 0.4) is 0 Å². The number of carbonyl (C=O) groups excluding carboxylic acids is 1. The molecule has 2 aromatic rings.